The van der Waals surface area contributed by atoms with E-state index in [2.05, 4.69) is 20.8 Å². The molecule has 1 heterocycles. The van der Waals surface area contributed by atoms with E-state index in [0.717, 1.165) is 51.9 Å². The second kappa shape index (κ2) is 10.1. The Bertz CT molecular complexity index is 1080. The lowest BCUT2D eigenvalue weighted by molar-refractivity contribution is -0.137. The van der Waals surface area contributed by atoms with Crippen LogP contribution in [0.3, 0.4) is 0 Å². The Morgan fingerprint density at radius 2 is 1.90 bits per heavy atom. The smallest absolute Gasteiger partial charge is 0.324 e. The summed E-state index contributed by atoms with van der Waals surface area (Å²) in [6.45, 7) is -0.416. The molecule has 16 heteroatoms. The van der Waals surface area contributed by atoms with Crippen molar-refractivity contribution in [1.82, 2.24) is 14.5 Å². The molecule has 2 rings (SSSR count). The molecule has 0 unspecified atom stereocenters. The van der Waals surface area contributed by atoms with Gasteiger partial charge >= 0.3 is 6.18 Å². The summed E-state index contributed by atoms with van der Waals surface area (Å²) < 4.78 is 62.1. The summed E-state index contributed by atoms with van der Waals surface area (Å²) in [5, 5.41) is 12.2. The first-order valence-electron chi connectivity index (χ1n) is 8.10. The molecule has 0 atom stereocenters. The van der Waals surface area contributed by atoms with E-state index < -0.39 is 40.1 Å². The number of hydrogen-bond acceptors (Lipinski definition) is 8. The van der Waals surface area contributed by atoms with Crippen molar-refractivity contribution in [2.24, 2.45) is 0 Å². The van der Waals surface area contributed by atoms with E-state index in [1.165, 1.54) is 7.05 Å². The maximum Gasteiger partial charge on any atom is 0.416 e. The van der Waals surface area contributed by atoms with Crippen LogP contribution in [0, 0.1) is 0 Å². The Kier molecular flexibility index (Phi) is 8.27. The van der Waals surface area contributed by atoms with Crippen LogP contribution in [0.2, 0.25) is 5.02 Å². The number of likely N-dealkylation sites (N-methyl/N-ethyl adjacent to an activating group) is 1. The molecule has 2 N–H and O–H groups in total. The summed E-state index contributed by atoms with van der Waals surface area (Å²) in [7, 11) is -2.28. The average molecular weight is 518 g/mol. The number of aromatic nitrogens is 2. The zero-order chi connectivity index (χ0) is 23.4. The van der Waals surface area contributed by atoms with Crippen molar-refractivity contribution in [1.29, 1.82) is 0 Å². The number of nitrogens with one attached hydrogen (secondary N) is 2. The molecule has 9 nitrogen and oxygen atoms in total. The van der Waals surface area contributed by atoms with Gasteiger partial charge in [-0.3, -0.25) is 14.9 Å². The van der Waals surface area contributed by atoms with Crippen molar-refractivity contribution in [3.63, 3.8) is 0 Å². The molecule has 0 saturated carbocycles. The van der Waals surface area contributed by atoms with E-state index >= 15 is 0 Å². The van der Waals surface area contributed by atoms with Crippen LogP contribution in [0.25, 0.3) is 0 Å². The third-order valence-corrected chi connectivity index (χ3v) is 7.04. The fourth-order valence-electron chi connectivity index (χ4n) is 1.91. The SMILES string of the molecule is CN(CC(=O)Nc1nnc(SCC(=O)Nc2cc(C(F)(F)F)ccc2Cl)s1)S(C)(=O)=O. The van der Waals surface area contributed by atoms with Gasteiger partial charge in [-0.2, -0.15) is 17.5 Å². The number of amides is 2. The van der Waals surface area contributed by atoms with Crippen molar-refractivity contribution < 1.29 is 31.2 Å². The Hall–Kier alpha value is -1.94. The summed E-state index contributed by atoms with van der Waals surface area (Å²) in [4.78, 5) is 23.9. The van der Waals surface area contributed by atoms with E-state index in [4.69, 9.17) is 11.6 Å². The van der Waals surface area contributed by atoms with E-state index in [1.807, 2.05) is 0 Å². The van der Waals surface area contributed by atoms with Gasteiger partial charge in [0.2, 0.25) is 27.0 Å². The summed E-state index contributed by atoms with van der Waals surface area (Å²) in [5.41, 5.74) is -1.13. The number of sulfonamides is 1. The van der Waals surface area contributed by atoms with E-state index in [1.54, 1.807) is 0 Å². The van der Waals surface area contributed by atoms with Gasteiger partial charge in [-0.25, -0.2) is 8.42 Å². The molecule has 0 aliphatic carbocycles. The third kappa shape index (κ3) is 7.92. The predicted octanol–water partition coefficient (Wildman–Crippen LogP) is 2.77. The standard InChI is InChI=1S/C15H15ClF3N5O4S3/c1-24(31(2,27)28)6-11(25)21-13-22-23-14(30-13)29-7-12(26)20-10-5-8(15(17,18)19)3-4-9(10)16/h3-5H,6-7H2,1-2H3,(H,20,26)(H,21,22,25). The number of anilines is 2. The Morgan fingerprint density at radius 1 is 1.23 bits per heavy atom. The van der Waals surface area contributed by atoms with Crippen LogP contribution in [-0.4, -0.2) is 60.3 Å². The third-order valence-electron chi connectivity index (χ3n) is 3.48. The van der Waals surface area contributed by atoms with Gasteiger partial charge in [0.15, 0.2) is 4.34 Å². The van der Waals surface area contributed by atoms with Gasteiger partial charge in [0.1, 0.15) is 0 Å². The normalized spacial score (nSPS) is 12.1. The maximum absolute atomic E-state index is 12.8. The molecule has 0 aliphatic rings. The number of alkyl halides is 3. The van der Waals surface area contributed by atoms with Gasteiger partial charge in [-0.1, -0.05) is 34.7 Å². The average Bonchev–Trinajstić information content (AvgIpc) is 3.07. The lowest BCUT2D eigenvalue weighted by Gasteiger charge is -2.12. The minimum atomic E-state index is -4.58. The van der Waals surface area contributed by atoms with Crippen LogP contribution in [0.5, 0.6) is 0 Å². The van der Waals surface area contributed by atoms with Gasteiger partial charge in [-0.15, -0.1) is 10.2 Å². The molecule has 170 valence electrons. The highest BCUT2D eigenvalue weighted by atomic mass is 35.5. The topological polar surface area (TPSA) is 121 Å². The minimum Gasteiger partial charge on any atom is -0.324 e. The highest BCUT2D eigenvalue weighted by molar-refractivity contribution is 8.01. The zero-order valence-electron chi connectivity index (χ0n) is 15.9. The fourth-order valence-corrected chi connectivity index (χ4v) is 3.99. The molecule has 1 aromatic carbocycles. The number of nitrogens with zero attached hydrogens (tertiary/aromatic N) is 3. The van der Waals surface area contributed by atoms with Crippen molar-refractivity contribution in [2.75, 3.05) is 36.2 Å². The van der Waals surface area contributed by atoms with E-state index in [-0.39, 0.29) is 21.6 Å². The molecular formula is C15H15ClF3N5O4S3. The summed E-state index contributed by atoms with van der Waals surface area (Å²) in [6.07, 6.45) is -3.63. The molecule has 0 aliphatic heterocycles. The van der Waals surface area contributed by atoms with Gasteiger partial charge in [0.25, 0.3) is 0 Å². The minimum absolute atomic E-state index is 0.0497. The first-order valence-corrected chi connectivity index (χ1v) is 12.1. The maximum atomic E-state index is 12.8. The molecule has 0 bridgehead atoms. The Labute approximate surface area is 188 Å². The number of thioether (sulfide) groups is 1. The monoisotopic (exact) mass is 517 g/mol. The Balaban J connectivity index is 1.90. The van der Waals surface area contributed by atoms with Crippen LogP contribution in [-0.2, 0) is 25.8 Å². The van der Waals surface area contributed by atoms with Crippen molar-refractivity contribution in [2.45, 2.75) is 10.5 Å². The summed E-state index contributed by atoms with van der Waals surface area (Å²) in [5.74, 6) is -1.45. The first kappa shape index (κ1) is 25.3. The largest absolute Gasteiger partial charge is 0.416 e. The number of carbonyl (C=O) groups excluding carboxylic acids is 2. The second-order valence-corrected chi connectivity index (χ2v) is 10.7. The molecule has 0 saturated heterocycles. The molecule has 2 amide bonds. The molecule has 0 spiro atoms. The molecule has 0 fully saturated rings. The zero-order valence-corrected chi connectivity index (χ0v) is 19.1. The van der Waals surface area contributed by atoms with Crippen molar-refractivity contribution >= 4 is 67.4 Å². The van der Waals surface area contributed by atoms with Crippen LogP contribution in [0.15, 0.2) is 22.5 Å². The fraction of sp³-hybridized carbons (Fsp3) is 0.333. The van der Waals surface area contributed by atoms with E-state index in [9.17, 15) is 31.2 Å². The summed E-state index contributed by atoms with van der Waals surface area (Å²) in [6, 6.07) is 2.57. The lowest BCUT2D eigenvalue weighted by Crippen LogP contribution is -2.34. The molecular weight excluding hydrogens is 503 g/mol. The number of rotatable bonds is 8. The van der Waals surface area contributed by atoms with Gasteiger partial charge in [0.05, 0.1) is 34.8 Å². The highest BCUT2D eigenvalue weighted by Gasteiger charge is 2.31. The van der Waals surface area contributed by atoms with Crippen LogP contribution in [0.4, 0.5) is 24.0 Å². The van der Waals surface area contributed by atoms with Crippen molar-refractivity contribution in [3.05, 3.63) is 28.8 Å². The number of carbonyl (C=O) groups is 2. The van der Waals surface area contributed by atoms with Crippen molar-refractivity contribution in [3.8, 4) is 0 Å². The van der Waals surface area contributed by atoms with Crippen LogP contribution in [0.1, 0.15) is 5.56 Å². The van der Waals surface area contributed by atoms with Gasteiger partial charge < -0.3 is 5.32 Å². The quantitative estimate of drug-likeness (QED) is 0.408. The highest BCUT2D eigenvalue weighted by Crippen LogP contribution is 2.34. The molecule has 1 aromatic heterocycles. The van der Waals surface area contributed by atoms with E-state index in [0.29, 0.717) is 4.34 Å². The molecule has 2 aromatic rings. The van der Waals surface area contributed by atoms with Crippen LogP contribution >= 0.6 is 34.7 Å². The summed E-state index contributed by atoms with van der Waals surface area (Å²) >= 11 is 7.71. The Morgan fingerprint density at radius 3 is 2.52 bits per heavy atom. The molecule has 0 radical (unpaired) electrons. The van der Waals surface area contributed by atoms with Crippen LogP contribution < -0.4 is 10.6 Å². The predicted molar refractivity (Wildman–Crippen MR) is 112 cm³/mol. The molecule has 31 heavy (non-hydrogen) atoms. The lowest BCUT2D eigenvalue weighted by atomic mass is 10.2. The number of halogens is 4. The second-order valence-electron chi connectivity index (χ2n) is 5.97. The van der Waals surface area contributed by atoms with Gasteiger partial charge in [0, 0.05) is 7.05 Å². The number of benzene rings is 1. The number of hydrogen-bond donors (Lipinski definition) is 2. The first-order chi connectivity index (χ1) is 14.3. The van der Waals surface area contributed by atoms with Gasteiger partial charge in [-0.05, 0) is 18.2 Å².